The fourth-order valence-corrected chi connectivity index (χ4v) is 0.879. The lowest BCUT2D eigenvalue weighted by atomic mass is 10.4. The highest BCUT2D eigenvalue weighted by Gasteiger charge is 2.03. The summed E-state index contributed by atoms with van der Waals surface area (Å²) in [5.41, 5.74) is 0.762. The van der Waals surface area contributed by atoms with Crippen molar-refractivity contribution in [1.82, 2.24) is 14.8 Å². The molecule has 0 aliphatic carbocycles. The quantitative estimate of drug-likeness (QED) is 0.609. The van der Waals surface area contributed by atoms with Crippen molar-refractivity contribution in [2.24, 2.45) is 7.05 Å². The molecule has 0 bridgehead atoms. The Morgan fingerprint density at radius 3 is 3.00 bits per heavy atom. The second-order valence-corrected chi connectivity index (χ2v) is 2.21. The predicted molar refractivity (Wildman–Crippen MR) is 38.7 cm³/mol. The van der Waals surface area contributed by atoms with Gasteiger partial charge in [-0.15, -0.1) is 0 Å². The van der Waals surface area contributed by atoms with Gasteiger partial charge in [-0.3, -0.25) is 4.68 Å². The van der Waals surface area contributed by atoms with Crippen molar-refractivity contribution < 1.29 is 4.42 Å². The molecule has 2 heterocycles. The van der Waals surface area contributed by atoms with Crippen molar-refractivity contribution in [3.8, 4) is 11.6 Å². The van der Waals surface area contributed by atoms with Crippen molar-refractivity contribution in [3.05, 3.63) is 24.7 Å². The third kappa shape index (κ3) is 1.02. The molecule has 11 heavy (non-hydrogen) atoms. The standard InChI is InChI=1S/C7H7N3O/c1-10-4-2-6(9-10)7-8-3-5-11-7/h2-5H,1H3. The maximum atomic E-state index is 5.05. The molecule has 0 aliphatic heterocycles. The zero-order valence-corrected chi connectivity index (χ0v) is 6.06. The number of aromatic nitrogens is 3. The second-order valence-electron chi connectivity index (χ2n) is 2.21. The summed E-state index contributed by atoms with van der Waals surface area (Å²) < 4.78 is 6.75. The third-order valence-corrected chi connectivity index (χ3v) is 1.37. The lowest BCUT2D eigenvalue weighted by molar-refractivity contribution is 0.570. The van der Waals surface area contributed by atoms with Crippen molar-refractivity contribution in [3.63, 3.8) is 0 Å². The fraction of sp³-hybridized carbons (Fsp3) is 0.143. The predicted octanol–water partition coefficient (Wildman–Crippen LogP) is 1.08. The zero-order chi connectivity index (χ0) is 7.68. The molecule has 56 valence electrons. The molecule has 0 unspecified atom stereocenters. The van der Waals surface area contributed by atoms with E-state index in [1.165, 1.54) is 6.26 Å². The molecule has 2 aromatic heterocycles. The minimum Gasteiger partial charge on any atom is -0.443 e. The van der Waals surface area contributed by atoms with E-state index in [0.717, 1.165) is 5.69 Å². The lowest BCUT2D eigenvalue weighted by Gasteiger charge is -1.85. The van der Waals surface area contributed by atoms with Crippen LogP contribution in [0.25, 0.3) is 11.6 Å². The van der Waals surface area contributed by atoms with Crippen LogP contribution < -0.4 is 0 Å². The lowest BCUT2D eigenvalue weighted by Crippen LogP contribution is -1.87. The first-order chi connectivity index (χ1) is 5.36. The summed E-state index contributed by atoms with van der Waals surface area (Å²) in [6.07, 6.45) is 4.98. The summed E-state index contributed by atoms with van der Waals surface area (Å²) in [7, 11) is 1.85. The summed E-state index contributed by atoms with van der Waals surface area (Å²) in [6.45, 7) is 0. The summed E-state index contributed by atoms with van der Waals surface area (Å²) >= 11 is 0. The fourth-order valence-electron chi connectivity index (χ4n) is 0.879. The van der Waals surface area contributed by atoms with E-state index in [1.54, 1.807) is 10.9 Å². The molecule has 0 fully saturated rings. The highest BCUT2D eigenvalue weighted by atomic mass is 16.3. The molecular formula is C7H7N3O. The molecule has 0 spiro atoms. The Hall–Kier alpha value is -1.58. The minimum atomic E-state index is 0.561. The smallest absolute Gasteiger partial charge is 0.246 e. The second kappa shape index (κ2) is 2.23. The van der Waals surface area contributed by atoms with E-state index in [0.29, 0.717) is 5.89 Å². The van der Waals surface area contributed by atoms with Gasteiger partial charge in [-0.2, -0.15) is 5.10 Å². The van der Waals surface area contributed by atoms with Gasteiger partial charge in [0.25, 0.3) is 0 Å². The Morgan fingerprint density at radius 1 is 1.55 bits per heavy atom. The van der Waals surface area contributed by atoms with E-state index >= 15 is 0 Å². The van der Waals surface area contributed by atoms with Gasteiger partial charge in [-0.05, 0) is 6.07 Å². The Balaban J connectivity index is 2.45. The molecule has 4 heteroatoms. The Morgan fingerprint density at radius 2 is 2.45 bits per heavy atom. The number of nitrogens with zero attached hydrogens (tertiary/aromatic N) is 3. The molecule has 0 N–H and O–H groups in total. The van der Waals surface area contributed by atoms with Crippen molar-refractivity contribution in [1.29, 1.82) is 0 Å². The van der Waals surface area contributed by atoms with Gasteiger partial charge < -0.3 is 4.42 Å². The molecule has 2 aromatic rings. The van der Waals surface area contributed by atoms with Crippen LogP contribution >= 0.6 is 0 Å². The van der Waals surface area contributed by atoms with E-state index in [1.807, 2.05) is 19.3 Å². The van der Waals surface area contributed by atoms with Crippen molar-refractivity contribution in [2.75, 3.05) is 0 Å². The molecule has 0 atom stereocenters. The molecule has 0 saturated heterocycles. The van der Waals surface area contributed by atoms with Crippen LogP contribution in [-0.2, 0) is 7.05 Å². The van der Waals surface area contributed by atoms with Crippen LogP contribution in [0.4, 0.5) is 0 Å². The molecule has 4 nitrogen and oxygen atoms in total. The number of hydrogen-bond donors (Lipinski definition) is 0. The van der Waals surface area contributed by atoms with Crippen LogP contribution in [0, 0.1) is 0 Å². The number of rotatable bonds is 1. The van der Waals surface area contributed by atoms with Crippen LogP contribution in [0.2, 0.25) is 0 Å². The van der Waals surface area contributed by atoms with E-state index in [9.17, 15) is 0 Å². The largest absolute Gasteiger partial charge is 0.443 e. The average molecular weight is 149 g/mol. The van der Waals surface area contributed by atoms with E-state index in [-0.39, 0.29) is 0 Å². The number of oxazole rings is 1. The van der Waals surface area contributed by atoms with Crippen LogP contribution in [-0.4, -0.2) is 14.8 Å². The van der Waals surface area contributed by atoms with Gasteiger partial charge in [-0.25, -0.2) is 4.98 Å². The van der Waals surface area contributed by atoms with Gasteiger partial charge in [0.1, 0.15) is 12.0 Å². The Kier molecular flexibility index (Phi) is 1.25. The average Bonchev–Trinajstić information content (AvgIpc) is 2.55. The first-order valence-electron chi connectivity index (χ1n) is 3.26. The first kappa shape index (κ1) is 6.15. The number of aryl methyl sites for hydroxylation is 1. The van der Waals surface area contributed by atoms with Crippen molar-refractivity contribution >= 4 is 0 Å². The monoisotopic (exact) mass is 149 g/mol. The maximum Gasteiger partial charge on any atom is 0.246 e. The molecule has 0 radical (unpaired) electrons. The first-order valence-corrected chi connectivity index (χ1v) is 3.26. The SMILES string of the molecule is Cn1ccc(-c2ncco2)n1. The van der Waals surface area contributed by atoms with Gasteiger partial charge in [0.05, 0.1) is 6.20 Å². The summed E-state index contributed by atoms with van der Waals surface area (Å²) in [5, 5.41) is 4.11. The van der Waals surface area contributed by atoms with Gasteiger partial charge in [0.15, 0.2) is 0 Å². The molecule has 0 amide bonds. The summed E-state index contributed by atoms with van der Waals surface area (Å²) in [5.74, 6) is 0.561. The highest BCUT2D eigenvalue weighted by Crippen LogP contribution is 2.12. The van der Waals surface area contributed by atoms with Gasteiger partial charge in [0.2, 0.25) is 5.89 Å². The Bertz CT molecular complexity index is 336. The zero-order valence-electron chi connectivity index (χ0n) is 6.06. The maximum absolute atomic E-state index is 5.05. The van der Waals surface area contributed by atoms with E-state index in [2.05, 4.69) is 10.1 Å². The molecule has 0 aliphatic rings. The molecular weight excluding hydrogens is 142 g/mol. The molecule has 0 saturated carbocycles. The highest BCUT2D eigenvalue weighted by molar-refractivity contribution is 5.44. The summed E-state index contributed by atoms with van der Waals surface area (Å²) in [4.78, 5) is 3.96. The topological polar surface area (TPSA) is 43.9 Å². The van der Waals surface area contributed by atoms with E-state index in [4.69, 9.17) is 4.42 Å². The number of hydrogen-bond acceptors (Lipinski definition) is 3. The van der Waals surface area contributed by atoms with Crippen LogP contribution in [0.5, 0.6) is 0 Å². The Labute approximate surface area is 63.5 Å². The minimum absolute atomic E-state index is 0.561. The summed E-state index contributed by atoms with van der Waals surface area (Å²) in [6, 6.07) is 1.85. The third-order valence-electron chi connectivity index (χ3n) is 1.37. The van der Waals surface area contributed by atoms with Gasteiger partial charge >= 0.3 is 0 Å². The van der Waals surface area contributed by atoms with Crippen LogP contribution in [0.1, 0.15) is 0 Å². The normalized spacial score (nSPS) is 10.3. The van der Waals surface area contributed by atoms with Crippen molar-refractivity contribution in [2.45, 2.75) is 0 Å². The van der Waals surface area contributed by atoms with Gasteiger partial charge in [-0.1, -0.05) is 0 Å². The van der Waals surface area contributed by atoms with Crippen LogP contribution in [0.15, 0.2) is 29.1 Å². The van der Waals surface area contributed by atoms with Crippen LogP contribution in [0.3, 0.4) is 0 Å². The molecule has 0 aromatic carbocycles. The molecule has 2 rings (SSSR count). The van der Waals surface area contributed by atoms with E-state index < -0.39 is 0 Å². The van der Waals surface area contributed by atoms with Gasteiger partial charge in [0, 0.05) is 13.2 Å².